The van der Waals surface area contributed by atoms with Crippen molar-refractivity contribution < 1.29 is 9.53 Å². The SMILES string of the molecule is COC(=O)c1ccc(-c2cc(Cl)c(Cl)cc2Cl)nc1. The predicted molar refractivity (Wildman–Crippen MR) is 76.0 cm³/mol. The maximum atomic E-state index is 11.3. The standard InChI is InChI=1S/C13H8Cl3NO2/c1-19-13(18)7-2-3-12(17-6-7)8-4-10(15)11(16)5-9(8)14/h2-6H,1H3. The second-order valence-electron chi connectivity index (χ2n) is 3.67. The number of carbonyl (C=O) groups excluding carboxylic acids is 1. The van der Waals surface area contributed by atoms with Crippen LogP contribution >= 0.6 is 34.8 Å². The number of carbonyl (C=O) groups is 1. The number of methoxy groups -OCH3 is 1. The number of hydrogen-bond acceptors (Lipinski definition) is 3. The van der Waals surface area contributed by atoms with Gasteiger partial charge in [0.15, 0.2) is 0 Å². The molecule has 19 heavy (non-hydrogen) atoms. The van der Waals surface area contributed by atoms with E-state index in [9.17, 15) is 4.79 Å². The van der Waals surface area contributed by atoms with Crippen LogP contribution in [0, 0.1) is 0 Å². The van der Waals surface area contributed by atoms with Gasteiger partial charge in [-0.1, -0.05) is 34.8 Å². The molecular weight excluding hydrogens is 309 g/mol. The lowest BCUT2D eigenvalue weighted by atomic mass is 10.1. The highest BCUT2D eigenvalue weighted by Gasteiger charge is 2.11. The summed E-state index contributed by atoms with van der Waals surface area (Å²) in [5.74, 6) is -0.445. The van der Waals surface area contributed by atoms with Crippen LogP contribution in [0.2, 0.25) is 15.1 Å². The van der Waals surface area contributed by atoms with Gasteiger partial charge in [0.1, 0.15) is 0 Å². The van der Waals surface area contributed by atoms with Gasteiger partial charge in [-0.05, 0) is 24.3 Å². The quantitative estimate of drug-likeness (QED) is 0.605. The number of halogens is 3. The Hall–Kier alpha value is -1.29. The van der Waals surface area contributed by atoms with Crippen molar-refractivity contribution in [3.63, 3.8) is 0 Å². The molecule has 0 aliphatic rings. The van der Waals surface area contributed by atoms with Crippen molar-refractivity contribution in [3.05, 3.63) is 51.1 Å². The number of rotatable bonds is 2. The number of ether oxygens (including phenoxy) is 1. The molecule has 98 valence electrons. The molecule has 1 aromatic heterocycles. The highest BCUT2D eigenvalue weighted by molar-refractivity contribution is 6.44. The lowest BCUT2D eigenvalue weighted by Gasteiger charge is -2.06. The van der Waals surface area contributed by atoms with E-state index >= 15 is 0 Å². The Morgan fingerprint density at radius 3 is 2.37 bits per heavy atom. The summed E-state index contributed by atoms with van der Waals surface area (Å²) in [5.41, 5.74) is 1.60. The molecule has 0 spiro atoms. The minimum atomic E-state index is -0.445. The number of esters is 1. The van der Waals surface area contributed by atoms with Gasteiger partial charge in [-0.2, -0.15) is 0 Å². The third-order valence-corrected chi connectivity index (χ3v) is 3.51. The van der Waals surface area contributed by atoms with Crippen molar-refractivity contribution in [2.24, 2.45) is 0 Å². The van der Waals surface area contributed by atoms with Crippen LogP contribution in [0.4, 0.5) is 0 Å². The first kappa shape index (κ1) is 14.1. The van der Waals surface area contributed by atoms with Crippen LogP contribution in [0.5, 0.6) is 0 Å². The molecule has 0 fully saturated rings. The summed E-state index contributed by atoms with van der Waals surface area (Å²) in [5, 5.41) is 1.20. The normalized spacial score (nSPS) is 10.3. The molecule has 2 rings (SSSR count). The Balaban J connectivity index is 2.43. The van der Waals surface area contributed by atoms with Crippen LogP contribution < -0.4 is 0 Å². The first-order chi connectivity index (χ1) is 9.02. The summed E-state index contributed by atoms with van der Waals surface area (Å²) in [6.07, 6.45) is 1.42. The van der Waals surface area contributed by atoms with Crippen molar-refractivity contribution in [2.75, 3.05) is 7.11 Å². The number of benzene rings is 1. The summed E-state index contributed by atoms with van der Waals surface area (Å²) in [7, 11) is 1.31. The van der Waals surface area contributed by atoms with Crippen molar-refractivity contribution >= 4 is 40.8 Å². The number of aromatic nitrogens is 1. The second-order valence-corrected chi connectivity index (χ2v) is 4.89. The molecule has 0 atom stereocenters. The topological polar surface area (TPSA) is 39.2 Å². The zero-order valence-corrected chi connectivity index (χ0v) is 12.1. The van der Waals surface area contributed by atoms with E-state index in [1.54, 1.807) is 24.3 Å². The molecule has 0 N–H and O–H groups in total. The van der Waals surface area contributed by atoms with Crippen LogP contribution in [0.15, 0.2) is 30.5 Å². The zero-order valence-electron chi connectivity index (χ0n) is 9.78. The van der Waals surface area contributed by atoms with Crippen molar-refractivity contribution in [2.45, 2.75) is 0 Å². The highest BCUT2D eigenvalue weighted by Crippen LogP contribution is 2.34. The summed E-state index contributed by atoms with van der Waals surface area (Å²) in [4.78, 5) is 15.5. The molecule has 0 saturated carbocycles. The molecule has 0 aliphatic carbocycles. The molecule has 2 aromatic rings. The van der Waals surface area contributed by atoms with Crippen molar-refractivity contribution in [1.82, 2.24) is 4.98 Å². The largest absolute Gasteiger partial charge is 0.465 e. The molecule has 0 unspecified atom stereocenters. The number of nitrogens with zero attached hydrogens (tertiary/aromatic N) is 1. The van der Waals surface area contributed by atoms with Crippen molar-refractivity contribution in [3.8, 4) is 11.3 Å². The predicted octanol–water partition coefficient (Wildman–Crippen LogP) is 4.50. The molecule has 6 heteroatoms. The van der Waals surface area contributed by atoms with Gasteiger partial charge in [0.05, 0.1) is 33.4 Å². The van der Waals surface area contributed by atoms with E-state index in [2.05, 4.69) is 9.72 Å². The van der Waals surface area contributed by atoms with Gasteiger partial charge < -0.3 is 4.74 Å². The fourth-order valence-electron chi connectivity index (χ4n) is 1.51. The van der Waals surface area contributed by atoms with Gasteiger partial charge in [-0.25, -0.2) is 4.79 Å². The van der Waals surface area contributed by atoms with Gasteiger partial charge in [-0.3, -0.25) is 4.98 Å². The number of pyridine rings is 1. The van der Waals surface area contributed by atoms with Crippen LogP contribution in [-0.4, -0.2) is 18.1 Å². The monoisotopic (exact) mass is 315 g/mol. The van der Waals surface area contributed by atoms with Gasteiger partial charge in [0.25, 0.3) is 0 Å². The minimum Gasteiger partial charge on any atom is -0.465 e. The molecule has 1 heterocycles. The third-order valence-electron chi connectivity index (χ3n) is 2.47. The number of hydrogen-bond donors (Lipinski definition) is 0. The third kappa shape index (κ3) is 3.00. The van der Waals surface area contributed by atoms with E-state index in [0.29, 0.717) is 31.9 Å². The summed E-state index contributed by atoms with van der Waals surface area (Å²) < 4.78 is 4.60. The maximum absolute atomic E-state index is 11.3. The Kier molecular flexibility index (Phi) is 4.30. The zero-order chi connectivity index (χ0) is 14.0. The average molecular weight is 317 g/mol. The Morgan fingerprint density at radius 1 is 1.11 bits per heavy atom. The van der Waals surface area contributed by atoms with E-state index in [4.69, 9.17) is 34.8 Å². The van der Waals surface area contributed by atoms with Gasteiger partial charge >= 0.3 is 5.97 Å². The molecule has 0 bridgehead atoms. The average Bonchev–Trinajstić information content (AvgIpc) is 2.42. The molecule has 0 saturated heterocycles. The molecular formula is C13H8Cl3NO2. The van der Waals surface area contributed by atoms with Gasteiger partial charge in [-0.15, -0.1) is 0 Å². The first-order valence-electron chi connectivity index (χ1n) is 5.22. The van der Waals surface area contributed by atoms with E-state index in [-0.39, 0.29) is 0 Å². The smallest absolute Gasteiger partial charge is 0.339 e. The van der Waals surface area contributed by atoms with Gasteiger partial charge in [0, 0.05) is 11.8 Å². The summed E-state index contributed by atoms with van der Waals surface area (Å²) in [6, 6.07) is 6.45. The summed E-state index contributed by atoms with van der Waals surface area (Å²) in [6.45, 7) is 0. The molecule has 0 amide bonds. The second kappa shape index (κ2) is 5.78. The van der Waals surface area contributed by atoms with Crippen molar-refractivity contribution in [1.29, 1.82) is 0 Å². The Bertz CT molecular complexity index is 627. The fourth-order valence-corrected chi connectivity index (χ4v) is 2.15. The lowest BCUT2D eigenvalue weighted by molar-refractivity contribution is 0.0600. The van der Waals surface area contributed by atoms with E-state index in [0.717, 1.165) is 0 Å². The Morgan fingerprint density at radius 2 is 1.79 bits per heavy atom. The van der Waals surface area contributed by atoms with Crippen LogP contribution in [0.3, 0.4) is 0 Å². The molecule has 0 radical (unpaired) electrons. The molecule has 3 nitrogen and oxygen atoms in total. The van der Waals surface area contributed by atoms with Crippen LogP contribution in [-0.2, 0) is 4.74 Å². The highest BCUT2D eigenvalue weighted by atomic mass is 35.5. The first-order valence-corrected chi connectivity index (χ1v) is 6.35. The lowest BCUT2D eigenvalue weighted by Crippen LogP contribution is -2.01. The van der Waals surface area contributed by atoms with Crippen LogP contribution in [0.1, 0.15) is 10.4 Å². The fraction of sp³-hybridized carbons (Fsp3) is 0.0769. The Labute approximate surface area is 125 Å². The molecule has 1 aromatic carbocycles. The van der Waals surface area contributed by atoms with E-state index < -0.39 is 5.97 Å². The summed E-state index contributed by atoms with van der Waals surface area (Å²) >= 11 is 17.9. The maximum Gasteiger partial charge on any atom is 0.339 e. The molecule has 0 aliphatic heterocycles. The minimum absolute atomic E-state index is 0.363. The van der Waals surface area contributed by atoms with E-state index in [1.807, 2.05) is 0 Å². The van der Waals surface area contributed by atoms with Gasteiger partial charge in [0.2, 0.25) is 0 Å². The van der Waals surface area contributed by atoms with Crippen LogP contribution in [0.25, 0.3) is 11.3 Å². The van der Waals surface area contributed by atoms with E-state index in [1.165, 1.54) is 13.3 Å².